The second kappa shape index (κ2) is 5.05. The predicted octanol–water partition coefficient (Wildman–Crippen LogP) is 0.325. The van der Waals surface area contributed by atoms with E-state index in [0.29, 0.717) is 48.6 Å². The molecule has 1 aromatic rings. The highest BCUT2D eigenvalue weighted by atomic mass is 16.5. The number of pyridine rings is 1. The van der Waals surface area contributed by atoms with Crippen LogP contribution in [0.3, 0.4) is 0 Å². The van der Waals surface area contributed by atoms with Gasteiger partial charge in [0.25, 0.3) is 0 Å². The van der Waals surface area contributed by atoms with E-state index in [1.807, 2.05) is 4.90 Å². The number of fused-ring (bicyclic) bond motifs is 1. The summed E-state index contributed by atoms with van der Waals surface area (Å²) >= 11 is 0. The molecule has 1 aromatic heterocycles. The molecule has 2 aliphatic rings. The molecule has 0 spiro atoms. The molecule has 2 aliphatic heterocycles. The lowest BCUT2D eigenvalue weighted by atomic mass is 9.96. The number of rotatable bonds is 2. The van der Waals surface area contributed by atoms with Crippen LogP contribution in [-0.4, -0.2) is 29.9 Å². The van der Waals surface area contributed by atoms with Gasteiger partial charge in [-0.15, -0.1) is 0 Å². The van der Waals surface area contributed by atoms with Crippen molar-refractivity contribution in [3.05, 3.63) is 22.9 Å². The molecule has 0 aromatic carbocycles. The van der Waals surface area contributed by atoms with Crippen molar-refractivity contribution in [2.24, 2.45) is 11.7 Å². The Kier molecular flexibility index (Phi) is 3.22. The van der Waals surface area contributed by atoms with Crippen molar-refractivity contribution in [3.63, 3.8) is 0 Å². The number of primary amides is 1. The fourth-order valence-corrected chi connectivity index (χ4v) is 2.74. The van der Waals surface area contributed by atoms with Crippen LogP contribution in [0.1, 0.15) is 34.5 Å². The maximum absolute atomic E-state index is 11.5. The topological polar surface area (TPSA) is 109 Å². The Morgan fingerprint density at radius 2 is 2.19 bits per heavy atom. The third kappa shape index (κ3) is 2.29. The Bertz CT molecular complexity index is 657. The van der Waals surface area contributed by atoms with Crippen LogP contribution < -0.4 is 10.6 Å². The first-order valence-electron chi connectivity index (χ1n) is 6.75. The van der Waals surface area contributed by atoms with Gasteiger partial charge < -0.3 is 15.4 Å². The molecule has 1 amide bonds. The Morgan fingerprint density at radius 1 is 1.48 bits per heavy atom. The minimum Gasteiger partial charge on any atom is -0.455 e. The van der Waals surface area contributed by atoms with E-state index in [9.17, 15) is 14.9 Å². The number of ether oxygens (including phenoxy) is 1. The minimum atomic E-state index is -0.437. The van der Waals surface area contributed by atoms with Gasteiger partial charge in [-0.2, -0.15) is 5.26 Å². The number of hydrogen-bond acceptors (Lipinski definition) is 6. The summed E-state index contributed by atoms with van der Waals surface area (Å²) in [5.41, 5.74) is 6.59. The molecule has 0 atom stereocenters. The summed E-state index contributed by atoms with van der Waals surface area (Å²) in [5.74, 6) is -0.285. The highest BCUT2D eigenvalue weighted by molar-refractivity contribution is 5.93. The van der Waals surface area contributed by atoms with Gasteiger partial charge in [-0.05, 0) is 18.9 Å². The summed E-state index contributed by atoms with van der Waals surface area (Å²) in [4.78, 5) is 29.1. The van der Waals surface area contributed by atoms with Crippen molar-refractivity contribution in [3.8, 4) is 6.07 Å². The zero-order valence-corrected chi connectivity index (χ0v) is 11.3. The van der Waals surface area contributed by atoms with Crippen LogP contribution in [0.4, 0.5) is 5.82 Å². The Hall–Kier alpha value is -2.62. The highest BCUT2D eigenvalue weighted by Gasteiger charge is 2.29. The molecule has 3 rings (SSSR count). The van der Waals surface area contributed by atoms with Crippen molar-refractivity contribution in [2.75, 3.05) is 18.0 Å². The number of amides is 1. The first kappa shape index (κ1) is 13.4. The smallest absolute Gasteiger partial charge is 0.340 e. The van der Waals surface area contributed by atoms with Crippen LogP contribution in [0.25, 0.3) is 0 Å². The SMILES string of the molecule is N#Cc1cc2c(nc1N1CCC(C(N)=O)CC1)COC2=O. The first-order valence-corrected chi connectivity index (χ1v) is 6.75. The second-order valence-electron chi connectivity index (χ2n) is 5.21. The van der Waals surface area contributed by atoms with E-state index in [2.05, 4.69) is 11.1 Å². The van der Waals surface area contributed by atoms with Crippen molar-refractivity contribution >= 4 is 17.7 Å². The van der Waals surface area contributed by atoms with Gasteiger partial charge >= 0.3 is 5.97 Å². The lowest BCUT2D eigenvalue weighted by Gasteiger charge is -2.32. The summed E-state index contributed by atoms with van der Waals surface area (Å²) in [6.07, 6.45) is 1.29. The summed E-state index contributed by atoms with van der Waals surface area (Å²) < 4.78 is 4.92. The molecule has 21 heavy (non-hydrogen) atoms. The van der Waals surface area contributed by atoms with Crippen LogP contribution in [0.5, 0.6) is 0 Å². The van der Waals surface area contributed by atoms with Crippen molar-refractivity contribution in [1.29, 1.82) is 5.26 Å². The maximum Gasteiger partial charge on any atom is 0.340 e. The van der Waals surface area contributed by atoms with Crippen molar-refractivity contribution in [1.82, 2.24) is 4.98 Å². The monoisotopic (exact) mass is 286 g/mol. The van der Waals surface area contributed by atoms with E-state index in [4.69, 9.17) is 10.5 Å². The normalized spacial score (nSPS) is 18.0. The van der Waals surface area contributed by atoms with Crippen LogP contribution in [-0.2, 0) is 16.1 Å². The average molecular weight is 286 g/mol. The molecule has 0 unspecified atom stereocenters. The number of nitriles is 1. The molecule has 108 valence electrons. The molecule has 0 radical (unpaired) electrons. The molecule has 2 N–H and O–H groups in total. The molecule has 0 bridgehead atoms. The average Bonchev–Trinajstić information content (AvgIpc) is 2.86. The van der Waals surface area contributed by atoms with Gasteiger partial charge in [0.1, 0.15) is 18.5 Å². The molecule has 0 saturated carbocycles. The van der Waals surface area contributed by atoms with E-state index >= 15 is 0 Å². The minimum absolute atomic E-state index is 0.119. The largest absolute Gasteiger partial charge is 0.455 e. The zero-order valence-electron chi connectivity index (χ0n) is 11.3. The number of anilines is 1. The molecule has 7 nitrogen and oxygen atoms in total. The van der Waals surface area contributed by atoms with Gasteiger partial charge in [0.2, 0.25) is 5.91 Å². The van der Waals surface area contributed by atoms with E-state index < -0.39 is 5.97 Å². The number of cyclic esters (lactones) is 1. The third-order valence-corrected chi connectivity index (χ3v) is 3.96. The fraction of sp³-hybridized carbons (Fsp3) is 0.429. The van der Waals surface area contributed by atoms with Crippen LogP contribution in [0.15, 0.2) is 6.07 Å². The molecular weight excluding hydrogens is 272 g/mol. The summed E-state index contributed by atoms with van der Waals surface area (Å²) in [6.45, 7) is 1.37. The van der Waals surface area contributed by atoms with Gasteiger partial charge in [0.05, 0.1) is 16.8 Å². The number of carbonyl (C=O) groups is 2. The maximum atomic E-state index is 11.5. The molecule has 1 saturated heterocycles. The number of esters is 1. The van der Waals surface area contributed by atoms with Crippen molar-refractivity contribution in [2.45, 2.75) is 19.4 Å². The standard InChI is InChI=1S/C14H14N4O3/c15-6-9-5-10-11(7-21-14(10)20)17-13(9)18-3-1-8(2-4-18)12(16)19/h5,8H,1-4,7H2,(H2,16,19). The van der Waals surface area contributed by atoms with Crippen molar-refractivity contribution < 1.29 is 14.3 Å². The third-order valence-electron chi connectivity index (χ3n) is 3.96. The van der Waals surface area contributed by atoms with Gasteiger partial charge in [-0.25, -0.2) is 9.78 Å². The van der Waals surface area contributed by atoms with E-state index in [-0.39, 0.29) is 18.4 Å². The molecule has 3 heterocycles. The summed E-state index contributed by atoms with van der Waals surface area (Å²) in [7, 11) is 0. The van der Waals surface area contributed by atoms with Gasteiger partial charge in [0.15, 0.2) is 0 Å². The second-order valence-corrected chi connectivity index (χ2v) is 5.21. The molecule has 1 fully saturated rings. The van der Waals surface area contributed by atoms with Gasteiger partial charge in [0, 0.05) is 19.0 Å². The Morgan fingerprint density at radius 3 is 2.81 bits per heavy atom. The van der Waals surface area contributed by atoms with Crippen LogP contribution in [0, 0.1) is 17.2 Å². The summed E-state index contributed by atoms with van der Waals surface area (Å²) in [5, 5.41) is 9.26. The number of nitrogens with two attached hydrogens (primary N) is 1. The van der Waals surface area contributed by atoms with E-state index in [0.717, 1.165) is 0 Å². The molecular formula is C14H14N4O3. The van der Waals surface area contributed by atoms with Crippen LogP contribution >= 0.6 is 0 Å². The lowest BCUT2D eigenvalue weighted by molar-refractivity contribution is -0.122. The van der Waals surface area contributed by atoms with Gasteiger partial charge in [-0.1, -0.05) is 0 Å². The zero-order chi connectivity index (χ0) is 15.0. The summed E-state index contributed by atoms with van der Waals surface area (Å²) in [6, 6.07) is 3.61. The van der Waals surface area contributed by atoms with E-state index in [1.165, 1.54) is 6.07 Å². The number of aromatic nitrogens is 1. The molecule has 0 aliphatic carbocycles. The number of piperidine rings is 1. The van der Waals surface area contributed by atoms with E-state index in [1.54, 1.807) is 0 Å². The number of hydrogen-bond donors (Lipinski definition) is 1. The predicted molar refractivity (Wildman–Crippen MR) is 72.2 cm³/mol. The van der Waals surface area contributed by atoms with Gasteiger partial charge in [-0.3, -0.25) is 4.79 Å². The molecule has 7 heteroatoms. The number of carbonyl (C=O) groups excluding carboxylic acids is 2. The number of nitrogens with zero attached hydrogens (tertiary/aromatic N) is 3. The Balaban J connectivity index is 1.88. The quantitative estimate of drug-likeness (QED) is 0.784. The first-order chi connectivity index (χ1) is 10.1. The lowest BCUT2D eigenvalue weighted by Crippen LogP contribution is -2.39. The Labute approximate surface area is 121 Å². The van der Waals surface area contributed by atoms with Crippen LogP contribution in [0.2, 0.25) is 0 Å². The highest BCUT2D eigenvalue weighted by Crippen LogP contribution is 2.28. The fourth-order valence-electron chi connectivity index (χ4n) is 2.74.